The molecule has 0 heterocycles. The van der Waals surface area contributed by atoms with Crippen LogP contribution in [0.25, 0.3) is 0 Å². The summed E-state index contributed by atoms with van der Waals surface area (Å²) in [5.41, 5.74) is 0.885. The maximum absolute atomic E-state index is 13.3. The third kappa shape index (κ3) is 2.07. The van der Waals surface area contributed by atoms with Crippen LogP contribution in [0, 0.1) is 12.7 Å². The zero-order chi connectivity index (χ0) is 10.0. The van der Waals surface area contributed by atoms with Crippen LogP contribution in [-0.4, -0.2) is 5.78 Å². The van der Waals surface area contributed by atoms with Crippen LogP contribution < -0.4 is 0 Å². The molecule has 1 nitrogen and oxygen atoms in total. The molecule has 0 N–H and O–H groups in total. The van der Waals surface area contributed by atoms with Crippen molar-refractivity contribution in [2.75, 3.05) is 0 Å². The molecule has 13 heavy (non-hydrogen) atoms. The fourth-order valence-electron chi connectivity index (χ4n) is 1.12. The predicted octanol–water partition coefficient (Wildman–Crippen LogP) is 3.38. The molecule has 1 aromatic rings. The van der Waals surface area contributed by atoms with Crippen LogP contribution in [-0.2, 0) is 0 Å². The van der Waals surface area contributed by atoms with E-state index in [2.05, 4.69) is 0 Å². The van der Waals surface area contributed by atoms with Crippen LogP contribution in [0.1, 0.15) is 29.3 Å². The minimum absolute atomic E-state index is 0.0109. The van der Waals surface area contributed by atoms with Crippen molar-refractivity contribution in [2.45, 2.75) is 20.3 Å². The Morgan fingerprint density at radius 2 is 2.15 bits per heavy atom. The lowest BCUT2D eigenvalue weighted by molar-refractivity contribution is 0.0984. The maximum Gasteiger partial charge on any atom is 0.165 e. The van der Waals surface area contributed by atoms with Gasteiger partial charge in [-0.05, 0) is 24.6 Å². The average molecular weight is 201 g/mol. The topological polar surface area (TPSA) is 17.1 Å². The van der Waals surface area contributed by atoms with Gasteiger partial charge in [0.15, 0.2) is 11.6 Å². The molecule has 0 bridgehead atoms. The minimum atomic E-state index is -0.612. The first-order chi connectivity index (χ1) is 6.06. The van der Waals surface area contributed by atoms with E-state index < -0.39 is 5.82 Å². The standard InChI is InChI=1S/C10H10ClFO/c1-3-9(13)7-4-6(2)5-8(11)10(7)12/h4-5H,3H2,1-2H3. The first kappa shape index (κ1) is 10.2. The molecule has 1 aromatic carbocycles. The highest BCUT2D eigenvalue weighted by atomic mass is 35.5. The van der Waals surface area contributed by atoms with Crippen LogP contribution in [0.2, 0.25) is 5.02 Å². The van der Waals surface area contributed by atoms with Gasteiger partial charge in [0, 0.05) is 6.42 Å². The minimum Gasteiger partial charge on any atom is -0.294 e. The summed E-state index contributed by atoms with van der Waals surface area (Å²) in [4.78, 5) is 11.2. The lowest BCUT2D eigenvalue weighted by atomic mass is 10.1. The SMILES string of the molecule is CCC(=O)c1cc(C)cc(Cl)c1F. The highest BCUT2D eigenvalue weighted by Crippen LogP contribution is 2.21. The third-order valence-corrected chi connectivity index (χ3v) is 2.07. The van der Waals surface area contributed by atoms with Gasteiger partial charge in [0.2, 0.25) is 0 Å². The molecule has 0 atom stereocenters. The first-order valence-corrected chi connectivity index (χ1v) is 4.43. The lowest BCUT2D eigenvalue weighted by Crippen LogP contribution is -2.01. The van der Waals surface area contributed by atoms with E-state index in [1.165, 1.54) is 12.1 Å². The zero-order valence-electron chi connectivity index (χ0n) is 7.53. The maximum atomic E-state index is 13.3. The second kappa shape index (κ2) is 3.88. The molecular weight excluding hydrogens is 191 g/mol. The van der Waals surface area contributed by atoms with E-state index in [1.54, 1.807) is 13.8 Å². The summed E-state index contributed by atoms with van der Waals surface area (Å²) in [6, 6.07) is 3.02. The molecule has 1 rings (SSSR count). The molecular formula is C10H10ClFO. The van der Waals surface area contributed by atoms with E-state index in [0.717, 1.165) is 5.56 Å². The van der Waals surface area contributed by atoms with Crippen molar-refractivity contribution in [1.82, 2.24) is 0 Å². The quantitative estimate of drug-likeness (QED) is 0.669. The molecule has 0 saturated heterocycles. The number of rotatable bonds is 2. The second-order valence-corrected chi connectivity index (χ2v) is 3.29. The Balaban J connectivity index is 3.28. The molecule has 3 heteroatoms. The molecule has 0 saturated carbocycles. The number of hydrogen-bond donors (Lipinski definition) is 0. The molecule has 70 valence electrons. The van der Waals surface area contributed by atoms with Crippen LogP contribution in [0.5, 0.6) is 0 Å². The number of carbonyl (C=O) groups is 1. The monoisotopic (exact) mass is 200 g/mol. The molecule has 0 fully saturated rings. The Morgan fingerprint density at radius 3 is 2.69 bits per heavy atom. The average Bonchev–Trinajstić information content (AvgIpc) is 2.10. The fraction of sp³-hybridized carbons (Fsp3) is 0.300. The summed E-state index contributed by atoms with van der Waals surface area (Å²) in [5, 5.41) is 0.0109. The fourth-order valence-corrected chi connectivity index (χ4v) is 1.39. The van der Waals surface area contributed by atoms with Gasteiger partial charge in [-0.1, -0.05) is 18.5 Å². The van der Waals surface area contributed by atoms with Gasteiger partial charge < -0.3 is 0 Å². The van der Waals surface area contributed by atoms with E-state index in [1.807, 2.05) is 0 Å². The summed E-state index contributed by atoms with van der Waals surface area (Å²) in [6.07, 6.45) is 0.288. The molecule has 0 amide bonds. The number of aryl methyl sites for hydroxylation is 1. The van der Waals surface area contributed by atoms with Gasteiger partial charge in [0.1, 0.15) is 0 Å². The van der Waals surface area contributed by atoms with Gasteiger partial charge in [-0.25, -0.2) is 4.39 Å². The van der Waals surface area contributed by atoms with E-state index >= 15 is 0 Å². The van der Waals surface area contributed by atoms with Gasteiger partial charge in [-0.15, -0.1) is 0 Å². The van der Waals surface area contributed by atoms with Crippen molar-refractivity contribution >= 4 is 17.4 Å². The largest absolute Gasteiger partial charge is 0.294 e. The van der Waals surface area contributed by atoms with Crippen molar-refractivity contribution < 1.29 is 9.18 Å². The zero-order valence-corrected chi connectivity index (χ0v) is 8.28. The van der Waals surface area contributed by atoms with E-state index in [0.29, 0.717) is 0 Å². The number of hydrogen-bond acceptors (Lipinski definition) is 1. The van der Waals surface area contributed by atoms with Gasteiger partial charge in [-0.2, -0.15) is 0 Å². The molecule has 0 aromatic heterocycles. The Morgan fingerprint density at radius 1 is 1.54 bits per heavy atom. The number of benzene rings is 1. The first-order valence-electron chi connectivity index (χ1n) is 4.05. The van der Waals surface area contributed by atoms with Crippen LogP contribution in [0.4, 0.5) is 4.39 Å². The molecule has 0 spiro atoms. The number of carbonyl (C=O) groups excluding carboxylic acids is 1. The summed E-state index contributed by atoms with van der Waals surface area (Å²) < 4.78 is 13.3. The predicted molar refractivity (Wildman–Crippen MR) is 50.8 cm³/mol. The molecule has 0 aliphatic carbocycles. The number of Topliss-reactive ketones (excluding diaryl/α,β-unsaturated/α-hetero) is 1. The van der Waals surface area contributed by atoms with Gasteiger partial charge in [0.25, 0.3) is 0 Å². The van der Waals surface area contributed by atoms with Gasteiger partial charge in [0.05, 0.1) is 10.6 Å². The van der Waals surface area contributed by atoms with Crippen LogP contribution >= 0.6 is 11.6 Å². The van der Waals surface area contributed by atoms with Gasteiger partial charge in [-0.3, -0.25) is 4.79 Å². The van der Waals surface area contributed by atoms with Crippen molar-refractivity contribution in [3.05, 3.63) is 34.1 Å². The normalized spacial score (nSPS) is 10.2. The van der Waals surface area contributed by atoms with Gasteiger partial charge >= 0.3 is 0 Å². The van der Waals surface area contributed by atoms with Crippen molar-refractivity contribution in [3.63, 3.8) is 0 Å². The van der Waals surface area contributed by atoms with E-state index in [-0.39, 0.29) is 22.8 Å². The Kier molecular flexibility index (Phi) is 3.04. The highest BCUT2D eigenvalue weighted by molar-refractivity contribution is 6.31. The summed E-state index contributed by atoms with van der Waals surface area (Å²) >= 11 is 5.59. The van der Waals surface area contributed by atoms with E-state index in [4.69, 9.17) is 11.6 Å². The summed E-state index contributed by atoms with van der Waals surface area (Å²) in [6.45, 7) is 3.47. The van der Waals surface area contributed by atoms with Crippen LogP contribution in [0.3, 0.4) is 0 Å². The molecule has 0 radical (unpaired) electrons. The van der Waals surface area contributed by atoms with Crippen molar-refractivity contribution in [2.24, 2.45) is 0 Å². The molecule has 0 unspecified atom stereocenters. The highest BCUT2D eigenvalue weighted by Gasteiger charge is 2.13. The molecule has 0 aliphatic rings. The van der Waals surface area contributed by atoms with E-state index in [9.17, 15) is 9.18 Å². The second-order valence-electron chi connectivity index (χ2n) is 2.89. The Labute approximate surface area is 81.5 Å². The third-order valence-electron chi connectivity index (χ3n) is 1.79. The van der Waals surface area contributed by atoms with Crippen LogP contribution in [0.15, 0.2) is 12.1 Å². The van der Waals surface area contributed by atoms with Crippen molar-refractivity contribution in [1.29, 1.82) is 0 Å². The lowest BCUT2D eigenvalue weighted by Gasteiger charge is -2.03. The number of halogens is 2. The Bertz CT molecular complexity index is 347. The smallest absolute Gasteiger partial charge is 0.165 e. The van der Waals surface area contributed by atoms with Crippen molar-refractivity contribution in [3.8, 4) is 0 Å². The molecule has 0 aliphatic heterocycles. The Hall–Kier alpha value is -0.890. The summed E-state index contributed by atoms with van der Waals surface area (Å²) in [5.74, 6) is -0.831. The summed E-state index contributed by atoms with van der Waals surface area (Å²) in [7, 11) is 0. The number of ketones is 1.